The van der Waals surface area contributed by atoms with Crippen LogP contribution in [0.15, 0.2) is 54.6 Å². The van der Waals surface area contributed by atoms with Gasteiger partial charge < -0.3 is 5.11 Å². The summed E-state index contributed by atoms with van der Waals surface area (Å²) in [6, 6.07) is 17.3. The highest BCUT2D eigenvalue weighted by Crippen LogP contribution is 2.18. The average Bonchev–Trinajstić information content (AvgIpc) is 2.51. The van der Waals surface area contributed by atoms with Crippen molar-refractivity contribution in [3.8, 4) is 23.7 Å². The fraction of sp³-hybridized carbons (Fsp3) is 0.238. The van der Waals surface area contributed by atoms with Crippen LogP contribution in [0.4, 0.5) is 0 Å². The van der Waals surface area contributed by atoms with Crippen LogP contribution in [0.25, 0.3) is 0 Å². The van der Waals surface area contributed by atoms with Gasteiger partial charge in [-0.2, -0.15) is 0 Å². The third-order valence-corrected chi connectivity index (χ3v) is 2.95. The molecule has 110 valence electrons. The Bertz CT molecular complexity index is 743. The van der Waals surface area contributed by atoms with Crippen molar-refractivity contribution in [1.82, 2.24) is 0 Å². The second-order valence-electron chi connectivity index (χ2n) is 6.13. The minimum atomic E-state index is -0.842. The molecule has 1 heteroatoms. The first-order chi connectivity index (χ1) is 10.5. The molecule has 0 aliphatic heterocycles. The molecule has 22 heavy (non-hydrogen) atoms. The Labute approximate surface area is 133 Å². The van der Waals surface area contributed by atoms with Gasteiger partial charge in [0.1, 0.15) is 6.10 Å². The predicted molar refractivity (Wildman–Crippen MR) is 91.1 cm³/mol. The second kappa shape index (κ2) is 6.99. The minimum Gasteiger partial charge on any atom is -0.376 e. The van der Waals surface area contributed by atoms with Crippen LogP contribution in [0.2, 0.25) is 0 Å². The average molecular weight is 288 g/mol. The Hall–Kier alpha value is -2.48. The summed E-state index contributed by atoms with van der Waals surface area (Å²) in [5, 5.41) is 10.4. The van der Waals surface area contributed by atoms with E-state index in [0.717, 1.165) is 16.7 Å². The Morgan fingerprint density at radius 2 is 1.50 bits per heavy atom. The lowest BCUT2D eigenvalue weighted by atomic mass is 9.96. The Morgan fingerprint density at radius 3 is 2.18 bits per heavy atom. The van der Waals surface area contributed by atoms with E-state index < -0.39 is 6.10 Å². The summed E-state index contributed by atoms with van der Waals surface area (Å²) in [6.07, 6.45) is -0.842. The minimum absolute atomic E-state index is 0.0756. The normalized spacial score (nSPS) is 11.6. The number of rotatable bonds is 1. The summed E-state index contributed by atoms with van der Waals surface area (Å²) < 4.78 is 0. The molecule has 0 saturated heterocycles. The summed E-state index contributed by atoms with van der Waals surface area (Å²) in [5.41, 5.74) is 2.39. The van der Waals surface area contributed by atoms with Crippen molar-refractivity contribution >= 4 is 0 Å². The lowest BCUT2D eigenvalue weighted by Gasteiger charge is -2.09. The van der Waals surface area contributed by atoms with Gasteiger partial charge in [-0.15, -0.1) is 0 Å². The molecular weight excluding hydrogens is 268 g/mol. The molecule has 0 aliphatic carbocycles. The zero-order chi connectivity index (χ0) is 16.0. The number of aliphatic hydroxyl groups is 1. The van der Waals surface area contributed by atoms with Gasteiger partial charge >= 0.3 is 0 Å². The number of benzene rings is 2. The lowest BCUT2D eigenvalue weighted by molar-refractivity contribution is 0.238. The summed E-state index contributed by atoms with van der Waals surface area (Å²) in [6.45, 7) is 6.19. The fourth-order valence-corrected chi connectivity index (χ4v) is 1.86. The Morgan fingerprint density at radius 1 is 0.864 bits per heavy atom. The quantitative estimate of drug-likeness (QED) is 0.781. The van der Waals surface area contributed by atoms with E-state index in [1.807, 2.05) is 54.6 Å². The molecule has 0 fully saturated rings. The van der Waals surface area contributed by atoms with Gasteiger partial charge in [0.05, 0.1) is 0 Å². The molecule has 0 bridgehead atoms. The fourth-order valence-electron chi connectivity index (χ4n) is 1.86. The highest BCUT2D eigenvalue weighted by atomic mass is 16.3. The first kappa shape index (κ1) is 15.9. The van der Waals surface area contributed by atoms with Crippen LogP contribution in [0.5, 0.6) is 0 Å². The number of hydrogen-bond donors (Lipinski definition) is 1. The smallest absolute Gasteiger partial charge is 0.141 e. The van der Waals surface area contributed by atoms with Gasteiger partial charge in [-0.25, -0.2) is 0 Å². The molecule has 1 atom stereocenters. The van der Waals surface area contributed by atoms with Crippen LogP contribution in [0, 0.1) is 29.1 Å². The molecule has 0 radical (unpaired) electrons. The van der Waals surface area contributed by atoms with Crippen molar-refractivity contribution in [1.29, 1.82) is 0 Å². The van der Waals surface area contributed by atoms with Gasteiger partial charge in [0.15, 0.2) is 0 Å². The molecular formula is C21H20O. The molecule has 2 aromatic rings. The van der Waals surface area contributed by atoms with Crippen LogP contribution in [0.1, 0.15) is 43.6 Å². The third-order valence-electron chi connectivity index (χ3n) is 2.95. The molecule has 0 aliphatic rings. The summed E-state index contributed by atoms with van der Waals surface area (Å²) in [4.78, 5) is 0. The maximum Gasteiger partial charge on any atom is 0.141 e. The van der Waals surface area contributed by atoms with Crippen LogP contribution < -0.4 is 0 Å². The molecule has 0 aromatic heterocycles. The van der Waals surface area contributed by atoms with Crippen LogP contribution in [-0.2, 0) is 0 Å². The molecule has 0 amide bonds. The topological polar surface area (TPSA) is 20.2 Å². The SMILES string of the molecule is CC(C)(C)C#Cc1ccccc1C(O)C#Cc1ccccc1. The van der Waals surface area contributed by atoms with Crippen molar-refractivity contribution in [3.63, 3.8) is 0 Å². The molecule has 1 nitrogen and oxygen atoms in total. The monoisotopic (exact) mass is 288 g/mol. The number of hydrogen-bond acceptors (Lipinski definition) is 1. The highest BCUT2D eigenvalue weighted by Gasteiger charge is 2.09. The van der Waals surface area contributed by atoms with E-state index in [2.05, 4.69) is 44.5 Å². The molecule has 0 spiro atoms. The van der Waals surface area contributed by atoms with Gasteiger partial charge in [-0.3, -0.25) is 0 Å². The van der Waals surface area contributed by atoms with E-state index in [-0.39, 0.29) is 5.41 Å². The van der Waals surface area contributed by atoms with E-state index in [4.69, 9.17) is 0 Å². The Balaban J connectivity index is 2.29. The van der Waals surface area contributed by atoms with Gasteiger partial charge in [0, 0.05) is 22.1 Å². The van der Waals surface area contributed by atoms with Crippen molar-refractivity contribution in [2.75, 3.05) is 0 Å². The van der Waals surface area contributed by atoms with Gasteiger partial charge in [0.25, 0.3) is 0 Å². The highest BCUT2D eigenvalue weighted by molar-refractivity contribution is 5.46. The van der Waals surface area contributed by atoms with E-state index in [9.17, 15) is 5.11 Å². The summed E-state index contributed by atoms with van der Waals surface area (Å²) in [5.74, 6) is 12.2. The van der Waals surface area contributed by atoms with Gasteiger partial charge in [0.2, 0.25) is 0 Å². The zero-order valence-electron chi connectivity index (χ0n) is 13.2. The molecule has 0 heterocycles. The molecule has 1 unspecified atom stereocenters. The number of aliphatic hydroxyl groups excluding tert-OH is 1. The van der Waals surface area contributed by atoms with E-state index in [0.29, 0.717) is 0 Å². The lowest BCUT2D eigenvalue weighted by Crippen LogP contribution is -2.01. The third kappa shape index (κ3) is 4.81. The predicted octanol–water partition coefficient (Wildman–Crippen LogP) is 4.17. The van der Waals surface area contributed by atoms with E-state index >= 15 is 0 Å². The first-order valence-corrected chi connectivity index (χ1v) is 7.32. The molecule has 0 saturated carbocycles. The Kier molecular flexibility index (Phi) is 5.05. The van der Waals surface area contributed by atoms with Crippen LogP contribution in [-0.4, -0.2) is 5.11 Å². The largest absolute Gasteiger partial charge is 0.376 e. The van der Waals surface area contributed by atoms with Crippen molar-refractivity contribution in [2.24, 2.45) is 5.41 Å². The summed E-state index contributed by atoms with van der Waals surface area (Å²) in [7, 11) is 0. The standard InChI is InChI=1S/C21H20O/c1-21(2,3)16-15-18-11-7-8-12-19(18)20(22)14-13-17-9-5-4-6-10-17/h4-12,20,22H,1-3H3. The maximum absolute atomic E-state index is 10.4. The molecule has 2 aromatic carbocycles. The van der Waals surface area contributed by atoms with Crippen molar-refractivity contribution in [3.05, 3.63) is 71.3 Å². The first-order valence-electron chi connectivity index (χ1n) is 7.32. The van der Waals surface area contributed by atoms with Crippen LogP contribution in [0.3, 0.4) is 0 Å². The summed E-state index contributed by atoms with van der Waals surface area (Å²) >= 11 is 0. The van der Waals surface area contributed by atoms with Gasteiger partial charge in [-0.1, -0.05) is 60.1 Å². The van der Waals surface area contributed by atoms with Crippen molar-refractivity contribution < 1.29 is 5.11 Å². The molecule has 1 N–H and O–H groups in total. The van der Waals surface area contributed by atoms with Gasteiger partial charge in [-0.05, 0) is 39.0 Å². The second-order valence-corrected chi connectivity index (χ2v) is 6.13. The van der Waals surface area contributed by atoms with E-state index in [1.165, 1.54) is 0 Å². The molecule has 2 rings (SSSR count). The van der Waals surface area contributed by atoms with E-state index in [1.54, 1.807) is 0 Å². The van der Waals surface area contributed by atoms with Crippen molar-refractivity contribution in [2.45, 2.75) is 26.9 Å². The van der Waals surface area contributed by atoms with Crippen LogP contribution >= 0.6 is 0 Å². The zero-order valence-corrected chi connectivity index (χ0v) is 13.2. The maximum atomic E-state index is 10.4.